The number of nitrogens with one attached hydrogen (secondary N) is 3. The monoisotopic (exact) mass is 310 g/mol. The van der Waals surface area contributed by atoms with Gasteiger partial charge in [-0.05, 0) is 29.2 Å². The zero-order valence-electron chi connectivity index (χ0n) is 13.2. The molecule has 3 aromatic rings. The molecule has 6 heteroatoms. The zero-order chi connectivity index (χ0) is 16.6. The summed E-state index contributed by atoms with van der Waals surface area (Å²) in [6.45, 7) is 6.38. The number of nitrogens with zero attached hydrogens (tertiary/aromatic N) is 1. The number of carbonyl (C=O) groups is 1. The molecule has 0 atom stereocenters. The van der Waals surface area contributed by atoms with Crippen LogP contribution in [0, 0.1) is 0 Å². The van der Waals surface area contributed by atoms with E-state index in [1.807, 2.05) is 12.1 Å². The molecule has 118 valence electrons. The van der Waals surface area contributed by atoms with Gasteiger partial charge in [0, 0.05) is 5.56 Å². The van der Waals surface area contributed by atoms with Gasteiger partial charge in [0.15, 0.2) is 5.65 Å². The van der Waals surface area contributed by atoms with Crippen LogP contribution >= 0.6 is 0 Å². The lowest BCUT2D eigenvalue weighted by Crippen LogP contribution is -2.14. The van der Waals surface area contributed by atoms with Crippen molar-refractivity contribution in [2.75, 3.05) is 5.32 Å². The number of carbonyl (C=O) groups excluding carboxylic acids is 1. The summed E-state index contributed by atoms with van der Waals surface area (Å²) >= 11 is 0. The van der Waals surface area contributed by atoms with Gasteiger partial charge in [-0.15, -0.1) is 0 Å². The first-order valence-corrected chi connectivity index (χ1v) is 7.33. The van der Waals surface area contributed by atoms with E-state index >= 15 is 0 Å². The average molecular weight is 310 g/mol. The van der Waals surface area contributed by atoms with E-state index in [9.17, 15) is 9.59 Å². The molecular weight excluding hydrogens is 292 g/mol. The number of rotatable bonds is 2. The van der Waals surface area contributed by atoms with Crippen molar-refractivity contribution in [3.8, 4) is 0 Å². The molecule has 2 heterocycles. The van der Waals surface area contributed by atoms with E-state index in [2.05, 4.69) is 41.0 Å². The highest BCUT2D eigenvalue weighted by molar-refractivity contribution is 6.04. The topological polar surface area (TPSA) is 90.6 Å². The largest absolute Gasteiger partial charge is 0.325 e. The van der Waals surface area contributed by atoms with Crippen LogP contribution in [0.25, 0.3) is 11.2 Å². The summed E-state index contributed by atoms with van der Waals surface area (Å²) in [6, 6.07) is 9.20. The predicted molar refractivity (Wildman–Crippen MR) is 89.8 cm³/mol. The normalized spacial score (nSPS) is 11.6. The molecule has 1 amide bonds. The van der Waals surface area contributed by atoms with Gasteiger partial charge in [-0.2, -0.15) is 0 Å². The number of hydrogen-bond donors (Lipinski definition) is 3. The van der Waals surface area contributed by atoms with Crippen molar-refractivity contribution in [1.82, 2.24) is 15.0 Å². The third kappa shape index (κ3) is 3.15. The smallest absolute Gasteiger partial charge is 0.321 e. The lowest BCUT2D eigenvalue weighted by molar-refractivity contribution is 0.102. The number of aromatic amines is 2. The third-order valence-corrected chi connectivity index (χ3v) is 3.64. The van der Waals surface area contributed by atoms with E-state index < -0.39 is 0 Å². The molecule has 0 aliphatic rings. The van der Waals surface area contributed by atoms with E-state index in [-0.39, 0.29) is 17.0 Å². The molecular formula is C17H18N4O2. The van der Waals surface area contributed by atoms with Gasteiger partial charge < -0.3 is 10.3 Å². The Kier molecular flexibility index (Phi) is 3.52. The number of fused-ring (bicyclic) bond motifs is 1. The van der Waals surface area contributed by atoms with Gasteiger partial charge in [0.2, 0.25) is 0 Å². The van der Waals surface area contributed by atoms with Gasteiger partial charge in [-0.3, -0.25) is 9.78 Å². The maximum absolute atomic E-state index is 12.3. The van der Waals surface area contributed by atoms with Crippen LogP contribution in [-0.2, 0) is 5.41 Å². The molecule has 23 heavy (non-hydrogen) atoms. The summed E-state index contributed by atoms with van der Waals surface area (Å²) in [5, 5.41) is 2.78. The first-order valence-electron chi connectivity index (χ1n) is 7.33. The maximum atomic E-state index is 12.3. The van der Waals surface area contributed by atoms with Gasteiger partial charge in [-0.1, -0.05) is 32.9 Å². The Labute approximate surface area is 133 Å². The van der Waals surface area contributed by atoms with Gasteiger partial charge in [-0.25, -0.2) is 9.78 Å². The quantitative estimate of drug-likeness (QED) is 0.679. The van der Waals surface area contributed by atoms with Crippen LogP contribution in [0.4, 0.5) is 5.69 Å². The SMILES string of the molecule is CC(C)(C)c1ccc(C(=O)Nc2cnc3[nH]c(=O)[nH]c3c2)cc1. The van der Waals surface area contributed by atoms with Crippen LogP contribution in [0.2, 0.25) is 0 Å². The van der Waals surface area contributed by atoms with E-state index in [0.29, 0.717) is 22.4 Å². The van der Waals surface area contributed by atoms with Crippen molar-refractivity contribution in [2.24, 2.45) is 0 Å². The number of pyridine rings is 1. The fraction of sp³-hybridized carbons (Fsp3) is 0.235. The molecule has 1 aromatic carbocycles. The van der Waals surface area contributed by atoms with Crippen molar-refractivity contribution >= 4 is 22.8 Å². The summed E-state index contributed by atoms with van der Waals surface area (Å²) in [6.07, 6.45) is 1.51. The molecule has 0 aliphatic heterocycles. The zero-order valence-corrected chi connectivity index (χ0v) is 13.2. The number of aromatic nitrogens is 3. The Balaban J connectivity index is 1.81. The Morgan fingerprint density at radius 1 is 1.13 bits per heavy atom. The first-order chi connectivity index (χ1) is 10.8. The van der Waals surface area contributed by atoms with Crippen LogP contribution in [-0.4, -0.2) is 20.9 Å². The van der Waals surface area contributed by atoms with Crippen molar-refractivity contribution in [2.45, 2.75) is 26.2 Å². The van der Waals surface area contributed by atoms with Crippen molar-refractivity contribution in [1.29, 1.82) is 0 Å². The van der Waals surface area contributed by atoms with Gasteiger partial charge in [0.25, 0.3) is 5.91 Å². The molecule has 0 aliphatic carbocycles. The number of H-pyrrole nitrogens is 2. The molecule has 6 nitrogen and oxygen atoms in total. The standard InChI is InChI=1S/C17H18N4O2/c1-17(2,3)11-6-4-10(5-7-11)15(22)19-12-8-13-14(18-9-12)21-16(23)20-13/h4-9H,1-3H3,(H,19,22)(H2,18,20,21,23). The molecule has 0 radical (unpaired) electrons. The summed E-state index contributed by atoms with van der Waals surface area (Å²) in [5.74, 6) is -0.218. The summed E-state index contributed by atoms with van der Waals surface area (Å²) in [5.41, 5.74) is 3.00. The average Bonchev–Trinajstić information content (AvgIpc) is 2.86. The van der Waals surface area contributed by atoms with E-state index in [1.54, 1.807) is 18.2 Å². The van der Waals surface area contributed by atoms with E-state index in [0.717, 1.165) is 0 Å². The highest BCUT2D eigenvalue weighted by Crippen LogP contribution is 2.22. The lowest BCUT2D eigenvalue weighted by Gasteiger charge is -2.19. The Morgan fingerprint density at radius 3 is 2.48 bits per heavy atom. The summed E-state index contributed by atoms with van der Waals surface area (Å²) in [7, 11) is 0. The minimum atomic E-state index is -0.325. The van der Waals surface area contributed by atoms with Crippen LogP contribution in [0.5, 0.6) is 0 Å². The van der Waals surface area contributed by atoms with Gasteiger partial charge in [0.1, 0.15) is 0 Å². The van der Waals surface area contributed by atoms with Gasteiger partial charge >= 0.3 is 5.69 Å². The molecule has 0 fully saturated rings. The fourth-order valence-corrected chi connectivity index (χ4v) is 2.31. The molecule has 0 spiro atoms. The van der Waals surface area contributed by atoms with Crippen LogP contribution in [0.3, 0.4) is 0 Å². The predicted octanol–water partition coefficient (Wildman–Crippen LogP) is 2.80. The van der Waals surface area contributed by atoms with Gasteiger partial charge in [0.05, 0.1) is 17.4 Å². The highest BCUT2D eigenvalue weighted by Gasteiger charge is 2.14. The fourth-order valence-electron chi connectivity index (χ4n) is 2.31. The molecule has 2 aromatic heterocycles. The number of amides is 1. The lowest BCUT2D eigenvalue weighted by atomic mass is 9.87. The van der Waals surface area contributed by atoms with E-state index in [1.165, 1.54) is 11.8 Å². The Morgan fingerprint density at radius 2 is 1.83 bits per heavy atom. The summed E-state index contributed by atoms with van der Waals surface area (Å²) in [4.78, 5) is 32.8. The molecule has 0 saturated carbocycles. The number of anilines is 1. The number of imidazole rings is 1. The molecule has 3 N–H and O–H groups in total. The second-order valence-electron chi connectivity index (χ2n) is 6.48. The molecule has 0 bridgehead atoms. The molecule has 0 saturated heterocycles. The van der Waals surface area contributed by atoms with Crippen molar-refractivity contribution in [3.05, 3.63) is 58.1 Å². The Hall–Kier alpha value is -2.89. The maximum Gasteiger partial charge on any atom is 0.325 e. The van der Waals surface area contributed by atoms with Crippen LogP contribution in [0.15, 0.2) is 41.3 Å². The first kappa shape index (κ1) is 15.0. The second-order valence-corrected chi connectivity index (χ2v) is 6.48. The highest BCUT2D eigenvalue weighted by atomic mass is 16.2. The third-order valence-electron chi connectivity index (χ3n) is 3.64. The van der Waals surface area contributed by atoms with Crippen LogP contribution < -0.4 is 11.0 Å². The van der Waals surface area contributed by atoms with Crippen molar-refractivity contribution in [3.63, 3.8) is 0 Å². The number of hydrogen-bond acceptors (Lipinski definition) is 3. The van der Waals surface area contributed by atoms with E-state index in [4.69, 9.17) is 0 Å². The minimum absolute atomic E-state index is 0.0458. The second kappa shape index (κ2) is 5.39. The summed E-state index contributed by atoms with van der Waals surface area (Å²) < 4.78 is 0. The minimum Gasteiger partial charge on any atom is -0.321 e. The Bertz CT molecular complexity index is 914. The molecule has 3 rings (SSSR count). The molecule has 0 unspecified atom stereocenters. The number of benzene rings is 1. The van der Waals surface area contributed by atoms with Crippen molar-refractivity contribution < 1.29 is 4.79 Å². The van der Waals surface area contributed by atoms with Crippen LogP contribution in [0.1, 0.15) is 36.7 Å².